The second-order valence-corrected chi connectivity index (χ2v) is 14.3. The molecule has 0 radical (unpaired) electrons. The molecule has 52 heavy (non-hydrogen) atoms. The third kappa shape index (κ3) is 5.13. The van der Waals surface area contributed by atoms with E-state index in [1.807, 2.05) is 17.8 Å². The van der Waals surface area contributed by atoms with Crippen molar-refractivity contribution < 1.29 is 0 Å². The Morgan fingerprint density at radius 1 is 0.519 bits per heavy atom. The van der Waals surface area contributed by atoms with Gasteiger partial charge in [-0.3, -0.25) is 4.57 Å². The summed E-state index contributed by atoms with van der Waals surface area (Å²) < 4.78 is 2.29. The fraction of sp³-hybridized carbons (Fsp3) is 0.0222. The van der Waals surface area contributed by atoms with E-state index in [1.54, 1.807) is 22.7 Å². The maximum absolute atomic E-state index is 4.91. The quantitative estimate of drug-likeness (QED) is 0.165. The molecule has 4 aromatic heterocycles. The maximum atomic E-state index is 4.91. The van der Waals surface area contributed by atoms with E-state index in [0.717, 1.165) is 56.1 Å². The van der Waals surface area contributed by atoms with Crippen molar-refractivity contribution in [3.8, 4) is 5.82 Å². The standard InChI is InChI=1S/C45H31N5S2/c1-2-12-34(13-3-1)48-30-49(41-18-7-6-17-40(41)48)35-14-10-11-31(25-35)44(45(33-22-24-51-27-33)38-28-52-29-47-38)32-20-21-37-36-15-4-5-16-39(36)50(42(37)26-32)43-19-8-9-23-46-43/h1-29H,30H2/b45-44+. The topological polar surface area (TPSA) is 37.2 Å². The van der Waals surface area contributed by atoms with Crippen LogP contribution in [0.5, 0.6) is 0 Å². The first kappa shape index (κ1) is 30.5. The number of nitrogens with zero attached hydrogens (tertiary/aromatic N) is 5. The minimum Gasteiger partial charge on any atom is -0.321 e. The van der Waals surface area contributed by atoms with Crippen LogP contribution in [0.1, 0.15) is 22.4 Å². The Hall–Kier alpha value is -6.28. The third-order valence-corrected chi connectivity index (χ3v) is 11.1. The molecule has 10 rings (SSSR count). The second kappa shape index (κ2) is 12.8. The lowest BCUT2D eigenvalue weighted by Gasteiger charge is -2.23. The van der Waals surface area contributed by atoms with Crippen LogP contribution < -0.4 is 9.80 Å². The van der Waals surface area contributed by atoms with Crippen LogP contribution in [0.2, 0.25) is 0 Å². The molecule has 0 bridgehead atoms. The zero-order chi connectivity index (χ0) is 34.4. The van der Waals surface area contributed by atoms with Gasteiger partial charge in [-0.15, -0.1) is 11.3 Å². The monoisotopic (exact) mass is 705 g/mol. The van der Waals surface area contributed by atoms with Crippen LogP contribution >= 0.6 is 22.7 Å². The van der Waals surface area contributed by atoms with E-state index in [-0.39, 0.29) is 0 Å². The van der Waals surface area contributed by atoms with Crippen molar-refractivity contribution in [3.63, 3.8) is 0 Å². The molecule has 0 saturated carbocycles. The first-order valence-corrected chi connectivity index (χ1v) is 19.1. The summed E-state index contributed by atoms with van der Waals surface area (Å²) in [5, 5.41) is 8.94. The number of anilines is 4. The minimum absolute atomic E-state index is 0.714. The summed E-state index contributed by atoms with van der Waals surface area (Å²) in [5.41, 5.74) is 15.5. The smallest absolute Gasteiger partial charge is 0.137 e. The number of para-hydroxylation sites is 4. The highest BCUT2D eigenvalue weighted by molar-refractivity contribution is 7.08. The zero-order valence-electron chi connectivity index (χ0n) is 28.0. The van der Waals surface area contributed by atoms with E-state index >= 15 is 0 Å². The largest absolute Gasteiger partial charge is 0.321 e. The van der Waals surface area contributed by atoms with Gasteiger partial charge in [0.1, 0.15) is 12.5 Å². The summed E-state index contributed by atoms with van der Waals surface area (Å²) >= 11 is 3.33. The summed E-state index contributed by atoms with van der Waals surface area (Å²) in [6, 6.07) is 52.1. The van der Waals surface area contributed by atoms with Gasteiger partial charge in [-0.25, -0.2) is 9.97 Å². The molecule has 248 valence electrons. The average molecular weight is 706 g/mol. The van der Waals surface area contributed by atoms with Crippen molar-refractivity contribution in [3.05, 3.63) is 196 Å². The fourth-order valence-corrected chi connectivity index (χ4v) is 8.76. The summed E-state index contributed by atoms with van der Waals surface area (Å²) in [6.45, 7) is 0.714. The lowest BCUT2D eigenvalue weighted by atomic mass is 9.88. The van der Waals surface area contributed by atoms with Gasteiger partial charge in [0.2, 0.25) is 0 Å². The Labute approximate surface area is 309 Å². The Morgan fingerprint density at radius 2 is 1.27 bits per heavy atom. The van der Waals surface area contributed by atoms with E-state index in [2.05, 4.69) is 170 Å². The molecule has 1 aliphatic rings. The van der Waals surface area contributed by atoms with Gasteiger partial charge in [0.25, 0.3) is 0 Å². The number of hydrogen-bond donors (Lipinski definition) is 0. The molecule has 0 saturated heterocycles. The van der Waals surface area contributed by atoms with E-state index < -0.39 is 0 Å². The van der Waals surface area contributed by atoms with E-state index in [1.165, 1.54) is 27.8 Å². The van der Waals surface area contributed by atoms with E-state index in [0.29, 0.717) is 6.67 Å². The second-order valence-electron chi connectivity index (χ2n) is 12.8. The van der Waals surface area contributed by atoms with E-state index in [9.17, 15) is 0 Å². The van der Waals surface area contributed by atoms with Gasteiger partial charge in [0.05, 0.1) is 33.6 Å². The van der Waals surface area contributed by atoms with Gasteiger partial charge in [-0.2, -0.15) is 11.3 Å². The number of thiophene rings is 1. The highest BCUT2D eigenvalue weighted by Crippen LogP contribution is 2.46. The summed E-state index contributed by atoms with van der Waals surface area (Å²) in [4.78, 5) is 14.5. The molecule has 5 heterocycles. The summed E-state index contributed by atoms with van der Waals surface area (Å²) in [7, 11) is 0. The van der Waals surface area contributed by atoms with Crippen molar-refractivity contribution in [1.82, 2.24) is 14.5 Å². The first-order valence-electron chi connectivity index (χ1n) is 17.2. The molecule has 0 N–H and O–H groups in total. The summed E-state index contributed by atoms with van der Waals surface area (Å²) in [6.07, 6.45) is 1.86. The van der Waals surface area contributed by atoms with Gasteiger partial charge >= 0.3 is 0 Å². The maximum Gasteiger partial charge on any atom is 0.137 e. The average Bonchev–Trinajstić information content (AvgIpc) is 4.04. The molecule has 0 amide bonds. The Bertz CT molecular complexity index is 2680. The van der Waals surface area contributed by atoms with Gasteiger partial charge in [0.15, 0.2) is 0 Å². The number of pyridine rings is 1. The SMILES string of the molecule is c1ccc(N2CN(c3cccc(/C(=C(/c4ccsc4)c4cscn4)c4ccc5c6ccccc6n(-c6ccccn6)c5c4)c3)c3ccccc32)cc1. The van der Waals surface area contributed by atoms with Crippen molar-refractivity contribution >= 4 is 78.4 Å². The number of thiazole rings is 1. The Morgan fingerprint density at radius 3 is 2.06 bits per heavy atom. The molecule has 1 aliphatic heterocycles. The molecule has 5 nitrogen and oxygen atoms in total. The molecule has 0 atom stereocenters. The number of rotatable bonds is 7. The Kier molecular flexibility index (Phi) is 7.52. The van der Waals surface area contributed by atoms with Crippen molar-refractivity contribution in [2.75, 3.05) is 16.5 Å². The Balaban J connectivity index is 1.21. The van der Waals surface area contributed by atoms with Crippen LogP contribution in [-0.4, -0.2) is 21.2 Å². The lowest BCUT2D eigenvalue weighted by Crippen LogP contribution is -2.23. The molecule has 0 unspecified atom stereocenters. The number of benzene rings is 5. The zero-order valence-corrected chi connectivity index (χ0v) is 29.6. The number of fused-ring (bicyclic) bond motifs is 4. The summed E-state index contributed by atoms with van der Waals surface area (Å²) in [5.74, 6) is 0.895. The van der Waals surface area contributed by atoms with Crippen LogP contribution in [0.4, 0.5) is 22.7 Å². The van der Waals surface area contributed by atoms with Crippen molar-refractivity contribution in [1.29, 1.82) is 0 Å². The molecule has 9 aromatic rings. The first-order chi connectivity index (χ1) is 25.8. The lowest BCUT2D eigenvalue weighted by molar-refractivity contribution is 0.991. The third-order valence-electron chi connectivity index (χ3n) is 9.85. The van der Waals surface area contributed by atoms with Crippen LogP contribution in [0.15, 0.2) is 173 Å². The van der Waals surface area contributed by atoms with Gasteiger partial charge in [0, 0.05) is 39.3 Å². The molecule has 0 spiro atoms. The van der Waals surface area contributed by atoms with Crippen LogP contribution in [0.25, 0.3) is 38.8 Å². The van der Waals surface area contributed by atoms with Crippen LogP contribution in [0.3, 0.4) is 0 Å². The normalized spacial score (nSPS) is 13.2. The van der Waals surface area contributed by atoms with Crippen molar-refractivity contribution in [2.24, 2.45) is 0 Å². The predicted molar refractivity (Wildman–Crippen MR) is 218 cm³/mol. The molecular weight excluding hydrogens is 675 g/mol. The predicted octanol–water partition coefficient (Wildman–Crippen LogP) is 12.0. The molecule has 7 heteroatoms. The molecular formula is C45H31N5S2. The van der Waals surface area contributed by atoms with Crippen molar-refractivity contribution in [2.45, 2.75) is 0 Å². The van der Waals surface area contributed by atoms with Gasteiger partial charge in [-0.05, 0) is 99.8 Å². The van der Waals surface area contributed by atoms with Crippen LogP contribution in [-0.2, 0) is 0 Å². The highest BCUT2D eigenvalue weighted by Gasteiger charge is 2.28. The van der Waals surface area contributed by atoms with Gasteiger partial charge < -0.3 is 9.80 Å². The molecule has 0 fully saturated rings. The number of hydrogen-bond acceptors (Lipinski definition) is 6. The van der Waals surface area contributed by atoms with Crippen LogP contribution in [0, 0.1) is 0 Å². The number of aromatic nitrogens is 3. The molecule has 5 aromatic carbocycles. The van der Waals surface area contributed by atoms with Gasteiger partial charge in [-0.1, -0.05) is 78.9 Å². The van der Waals surface area contributed by atoms with E-state index in [4.69, 9.17) is 9.97 Å². The molecule has 0 aliphatic carbocycles. The highest BCUT2D eigenvalue weighted by atomic mass is 32.1. The minimum atomic E-state index is 0.714. The fourth-order valence-electron chi connectivity index (χ4n) is 7.57.